The van der Waals surface area contributed by atoms with E-state index >= 15 is 0 Å². The smallest absolute Gasteiger partial charge is 0.392 e. The molecule has 16 heavy (non-hydrogen) atoms. The van der Waals surface area contributed by atoms with Gasteiger partial charge in [-0.15, -0.1) is 5.10 Å². The minimum absolute atomic E-state index is 0.275. The van der Waals surface area contributed by atoms with Gasteiger partial charge in [-0.3, -0.25) is 0 Å². The van der Waals surface area contributed by atoms with Gasteiger partial charge in [-0.2, -0.15) is 4.68 Å². The predicted molar refractivity (Wildman–Crippen MR) is 54.8 cm³/mol. The number of rotatable bonds is 3. The number of halogens is 1. The summed E-state index contributed by atoms with van der Waals surface area (Å²) < 4.78 is 18.6. The number of benzene rings is 1. The highest BCUT2D eigenvalue weighted by molar-refractivity contribution is 5.29. The Bertz CT molecular complexity index is 530. The van der Waals surface area contributed by atoms with Gasteiger partial charge in [0.2, 0.25) is 5.89 Å². The lowest BCUT2D eigenvalue weighted by Gasteiger charge is -1.96. The first-order valence-corrected chi connectivity index (χ1v) is 4.76. The number of aromatic nitrogens is 2. The van der Waals surface area contributed by atoms with E-state index in [-0.39, 0.29) is 11.7 Å². The maximum Gasteiger partial charge on any atom is 0.441 e. The molecule has 2 rings (SSSR count). The van der Waals surface area contributed by atoms with Crippen LogP contribution in [-0.2, 0) is 6.42 Å². The number of hydrogen-bond acceptors (Lipinski definition) is 4. The molecule has 84 valence electrons. The zero-order valence-electron chi connectivity index (χ0n) is 8.39. The van der Waals surface area contributed by atoms with E-state index in [1.54, 1.807) is 0 Å². The monoisotopic (exact) mass is 223 g/mol. The van der Waals surface area contributed by atoms with Crippen molar-refractivity contribution < 1.29 is 8.81 Å². The van der Waals surface area contributed by atoms with Crippen LogP contribution in [0, 0.1) is 5.82 Å². The van der Waals surface area contributed by atoms with Gasteiger partial charge in [-0.1, -0.05) is 0 Å². The van der Waals surface area contributed by atoms with Crippen LogP contribution >= 0.6 is 0 Å². The summed E-state index contributed by atoms with van der Waals surface area (Å²) in [6.45, 7) is 0.351. The van der Waals surface area contributed by atoms with E-state index in [0.29, 0.717) is 18.7 Å². The quantitative estimate of drug-likeness (QED) is 0.820. The molecular weight excluding hydrogens is 213 g/mol. The molecule has 1 heterocycles. The maximum atomic E-state index is 12.7. The molecule has 0 saturated carbocycles. The third-order valence-corrected chi connectivity index (χ3v) is 2.02. The zero-order valence-corrected chi connectivity index (χ0v) is 8.39. The summed E-state index contributed by atoms with van der Waals surface area (Å²) in [5.41, 5.74) is 5.77. The first kappa shape index (κ1) is 10.6. The molecule has 0 amide bonds. The van der Waals surface area contributed by atoms with Gasteiger partial charge in [0.05, 0.1) is 5.69 Å². The van der Waals surface area contributed by atoms with Gasteiger partial charge in [0, 0.05) is 13.0 Å². The Hall–Kier alpha value is -1.95. The normalized spacial score (nSPS) is 10.6. The van der Waals surface area contributed by atoms with E-state index in [1.165, 1.54) is 24.3 Å². The standard InChI is InChI=1S/C10H10FN3O2/c11-7-1-3-8(4-2-7)14-10(15)16-9(13-14)5-6-12/h1-4H,5-6,12H2. The summed E-state index contributed by atoms with van der Waals surface area (Å²) in [5, 5.41) is 3.93. The summed E-state index contributed by atoms with van der Waals surface area (Å²) in [6.07, 6.45) is 0.392. The number of nitrogens with two attached hydrogens (primary N) is 1. The summed E-state index contributed by atoms with van der Waals surface area (Å²) >= 11 is 0. The molecule has 1 aromatic carbocycles. The van der Waals surface area contributed by atoms with Crippen molar-refractivity contribution in [3.8, 4) is 5.69 Å². The summed E-state index contributed by atoms with van der Waals surface area (Å²) in [6, 6.07) is 5.40. The molecule has 6 heteroatoms. The van der Waals surface area contributed by atoms with E-state index in [0.717, 1.165) is 4.68 Å². The second-order valence-electron chi connectivity index (χ2n) is 3.19. The molecule has 5 nitrogen and oxygen atoms in total. The molecule has 0 aliphatic heterocycles. The van der Waals surface area contributed by atoms with Crippen molar-refractivity contribution in [3.05, 3.63) is 46.5 Å². The van der Waals surface area contributed by atoms with E-state index in [2.05, 4.69) is 5.10 Å². The summed E-state index contributed by atoms with van der Waals surface area (Å²) in [4.78, 5) is 11.4. The van der Waals surface area contributed by atoms with Crippen LogP contribution in [0.3, 0.4) is 0 Å². The van der Waals surface area contributed by atoms with Crippen molar-refractivity contribution >= 4 is 0 Å². The molecule has 2 N–H and O–H groups in total. The summed E-state index contributed by atoms with van der Waals surface area (Å²) in [5.74, 6) is -0.700. The molecule has 0 fully saturated rings. The highest BCUT2D eigenvalue weighted by Gasteiger charge is 2.08. The Morgan fingerprint density at radius 3 is 2.69 bits per heavy atom. The summed E-state index contributed by atoms with van der Waals surface area (Å²) in [7, 11) is 0. The molecular formula is C10H10FN3O2. The molecule has 0 unspecified atom stereocenters. The Morgan fingerprint density at radius 1 is 1.38 bits per heavy atom. The zero-order chi connectivity index (χ0) is 11.5. The minimum Gasteiger partial charge on any atom is -0.392 e. The average molecular weight is 223 g/mol. The molecule has 0 aliphatic rings. The third kappa shape index (κ3) is 2.01. The third-order valence-electron chi connectivity index (χ3n) is 2.02. The van der Waals surface area contributed by atoms with Gasteiger partial charge >= 0.3 is 5.76 Å². The lowest BCUT2D eigenvalue weighted by atomic mass is 10.3. The topological polar surface area (TPSA) is 74.0 Å². The molecule has 0 saturated heterocycles. The van der Waals surface area contributed by atoms with E-state index in [4.69, 9.17) is 10.2 Å². The molecule has 0 spiro atoms. The average Bonchev–Trinajstić information content (AvgIpc) is 2.61. The van der Waals surface area contributed by atoms with Crippen molar-refractivity contribution in [1.82, 2.24) is 9.78 Å². The van der Waals surface area contributed by atoms with Crippen LogP contribution in [0.25, 0.3) is 5.69 Å². The fourth-order valence-corrected chi connectivity index (χ4v) is 1.29. The van der Waals surface area contributed by atoms with Gasteiger partial charge in [0.1, 0.15) is 5.82 Å². The highest BCUT2D eigenvalue weighted by Crippen LogP contribution is 2.06. The number of hydrogen-bond donors (Lipinski definition) is 1. The van der Waals surface area contributed by atoms with Gasteiger partial charge in [0.15, 0.2) is 0 Å². The fourth-order valence-electron chi connectivity index (χ4n) is 1.29. The molecule has 0 atom stereocenters. The molecule has 2 aromatic rings. The Kier molecular flexibility index (Phi) is 2.82. The van der Waals surface area contributed by atoms with Crippen LogP contribution in [0.5, 0.6) is 0 Å². The highest BCUT2D eigenvalue weighted by atomic mass is 19.1. The van der Waals surface area contributed by atoms with Crippen molar-refractivity contribution in [1.29, 1.82) is 0 Å². The van der Waals surface area contributed by atoms with Crippen molar-refractivity contribution in [2.75, 3.05) is 6.54 Å². The van der Waals surface area contributed by atoms with E-state index in [9.17, 15) is 9.18 Å². The van der Waals surface area contributed by atoms with Gasteiger partial charge < -0.3 is 10.2 Å². The fraction of sp³-hybridized carbons (Fsp3) is 0.200. The predicted octanol–water partition coefficient (Wildman–Crippen LogP) is 0.466. The Labute approximate surface area is 90.3 Å². The van der Waals surface area contributed by atoms with Crippen LogP contribution in [0.4, 0.5) is 4.39 Å². The van der Waals surface area contributed by atoms with Crippen LogP contribution in [0.1, 0.15) is 5.89 Å². The van der Waals surface area contributed by atoms with E-state index in [1.807, 2.05) is 0 Å². The first-order valence-electron chi connectivity index (χ1n) is 4.76. The van der Waals surface area contributed by atoms with Crippen molar-refractivity contribution in [3.63, 3.8) is 0 Å². The largest absolute Gasteiger partial charge is 0.441 e. The molecule has 0 radical (unpaired) electrons. The van der Waals surface area contributed by atoms with Crippen LogP contribution < -0.4 is 11.5 Å². The molecule has 0 bridgehead atoms. The van der Waals surface area contributed by atoms with Crippen LogP contribution in [-0.4, -0.2) is 16.3 Å². The maximum absolute atomic E-state index is 12.7. The van der Waals surface area contributed by atoms with Gasteiger partial charge in [-0.25, -0.2) is 9.18 Å². The molecule has 0 aliphatic carbocycles. The minimum atomic E-state index is -0.602. The van der Waals surface area contributed by atoms with Crippen molar-refractivity contribution in [2.45, 2.75) is 6.42 Å². The second-order valence-corrected chi connectivity index (χ2v) is 3.19. The van der Waals surface area contributed by atoms with Gasteiger partial charge in [0.25, 0.3) is 0 Å². The van der Waals surface area contributed by atoms with Gasteiger partial charge in [-0.05, 0) is 24.3 Å². The Morgan fingerprint density at radius 2 is 2.06 bits per heavy atom. The lowest BCUT2D eigenvalue weighted by molar-refractivity contribution is 0.459. The number of nitrogens with zero attached hydrogens (tertiary/aromatic N) is 2. The lowest BCUT2D eigenvalue weighted by Crippen LogP contribution is -2.13. The SMILES string of the molecule is NCCc1nn(-c2ccc(F)cc2)c(=O)o1. The van der Waals surface area contributed by atoms with E-state index < -0.39 is 5.76 Å². The second kappa shape index (κ2) is 4.28. The van der Waals surface area contributed by atoms with Crippen LogP contribution in [0.2, 0.25) is 0 Å². The molecule has 1 aromatic heterocycles. The van der Waals surface area contributed by atoms with Crippen molar-refractivity contribution in [2.24, 2.45) is 5.73 Å². The Balaban J connectivity index is 2.40. The first-order chi connectivity index (χ1) is 7.70. The van der Waals surface area contributed by atoms with Crippen LogP contribution in [0.15, 0.2) is 33.5 Å².